The minimum atomic E-state index is -0.458. The first-order chi connectivity index (χ1) is 14.9. The monoisotopic (exact) mass is 427 g/mol. The number of amides is 2. The molecule has 7 nitrogen and oxygen atoms in total. The molecule has 1 fully saturated rings. The molecular weight excluding hydrogens is 401 g/mol. The zero-order valence-corrected chi connectivity index (χ0v) is 17.6. The minimum Gasteiger partial charge on any atom is -0.465 e. The lowest BCUT2D eigenvalue weighted by Gasteiger charge is -2.31. The molecule has 1 aliphatic heterocycles. The molecule has 0 aliphatic carbocycles. The van der Waals surface area contributed by atoms with Gasteiger partial charge in [0.05, 0.1) is 19.2 Å². The van der Waals surface area contributed by atoms with Crippen molar-refractivity contribution in [2.24, 2.45) is 0 Å². The Hall–Kier alpha value is -3.26. The van der Waals surface area contributed by atoms with Gasteiger partial charge in [-0.3, -0.25) is 14.5 Å². The summed E-state index contributed by atoms with van der Waals surface area (Å²) in [5.74, 6) is -1.23. The third-order valence-corrected chi connectivity index (χ3v) is 5.33. The predicted octanol–water partition coefficient (Wildman–Crippen LogP) is 2.75. The number of piperidine rings is 1. The molecule has 164 valence electrons. The van der Waals surface area contributed by atoms with Crippen LogP contribution < -0.4 is 10.6 Å². The molecule has 0 bridgehead atoms. The Labute approximate surface area is 180 Å². The molecule has 2 amide bonds. The summed E-state index contributed by atoms with van der Waals surface area (Å²) in [7, 11) is 1.31. The van der Waals surface area contributed by atoms with Crippen LogP contribution in [0.3, 0.4) is 0 Å². The maximum atomic E-state index is 13.0. The number of ether oxygens (including phenoxy) is 1. The van der Waals surface area contributed by atoms with E-state index in [0.717, 1.165) is 18.4 Å². The van der Waals surface area contributed by atoms with Gasteiger partial charge in [-0.25, -0.2) is 9.18 Å². The molecule has 0 spiro atoms. The molecule has 2 aromatic rings. The van der Waals surface area contributed by atoms with Crippen LogP contribution in [0, 0.1) is 12.7 Å². The van der Waals surface area contributed by atoms with Crippen LogP contribution in [-0.4, -0.2) is 55.5 Å². The molecule has 1 saturated heterocycles. The fourth-order valence-electron chi connectivity index (χ4n) is 3.50. The SMILES string of the molecule is COC(=O)c1ccc(C)c(NC(=O)CN2CCC(NC(=O)c3ccc(F)cc3)CC2)c1. The molecule has 0 aromatic heterocycles. The maximum Gasteiger partial charge on any atom is 0.337 e. The fraction of sp³-hybridized carbons (Fsp3) is 0.348. The number of carbonyl (C=O) groups excluding carboxylic acids is 3. The van der Waals surface area contributed by atoms with E-state index < -0.39 is 5.97 Å². The summed E-state index contributed by atoms with van der Waals surface area (Å²) in [5, 5.41) is 5.82. The second-order valence-corrected chi connectivity index (χ2v) is 7.60. The van der Waals surface area contributed by atoms with E-state index in [1.54, 1.807) is 18.2 Å². The quantitative estimate of drug-likeness (QED) is 0.693. The average molecular weight is 427 g/mol. The van der Waals surface area contributed by atoms with Crippen LogP contribution in [0.5, 0.6) is 0 Å². The summed E-state index contributed by atoms with van der Waals surface area (Å²) in [6.45, 7) is 3.42. The average Bonchev–Trinajstić information content (AvgIpc) is 2.76. The maximum absolute atomic E-state index is 13.0. The summed E-state index contributed by atoms with van der Waals surface area (Å²) < 4.78 is 17.7. The highest BCUT2D eigenvalue weighted by Gasteiger charge is 2.23. The summed E-state index contributed by atoms with van der Waals surface area (Å²) in [6, 6.07) is 10.5. The van der Waals surface area contributed by atoms with Crippen molar-refractivity contribution in [3.63, 3.8) is 0 Å². The molecule has 31 heavy (non-hydrogen) atoms. The standard InChI is InChI=1S/C23H26FN3O4/c1-15-3-4-17(23(30)31-2)13-20(15)26-21(28)14-27-11-9-19(10-12-27)25-22(29)16-5-7-18(24)8-6-16/h3-8,13,19H,9-12,14H2,1-2H3,(H,25,29)(H,26,28). The number of rotatable bonds is 6. The largest absolute Gasteiger partial charge is 0.465 e. The number of anilines is 1. The number of methoxy groups -OCH3 is 1. The van der Waals surface area contributed by atoms with Crippen LogP contribution in [-0.2, 0) is 9.53 Å². The van der Waals surface area contributed by atoms with Crippen molar-refractivity contribution >= 4 is 23.5 Å². The summed E-state index contributed by atoms with van der Waals surface area (Å²) in [6.07, 6.45) is 1.44. The van der Waals surface area contributed by atoms with Gasteiger partial charge in [0.25, 0.3) is 5.91 Å². The van der Waals surface area contributed by atoms with Crippen LogP contribution in [0.1, 0.15) is 39.1 Å². The van der Waals surface area contributed by atoms with Crippen molar-refractivity contribution in [3.8, 4) is 0 Å². The summed E-state index contributed by atoms with van der Waals surface area (Å²) >= 11 is 0. The van der Waals surface area contributed by atoms with Gasteiger partial charge in [0.1, 0.15) is 5.82 Å². The molecule has 1 aliphatic rings. The van der Waals surface area contributed by atoms with Crippen molar-refractivity contribution in [1.29, 1.82) is 0 Å². The highest BCUT2D eigenvalue weighted by atomic mass is 19.1. The Morgan fingerprint density at radius 2 is 1.71 bits per heavy atom. The third-order valence-electron chi connectivity index (χ3n) is 5.33. The second-order valence-electron chi connectivity index (χ2n) is 7.60. The van der Waals surface area contributed by atoms with E-state index in [1.807, 2.05) is 11.8 Å². The lowest BCUT2D eigenvalue weighted by atomic mass is 10.0. The summed E-state index contributed by atoms with van der Waals surface area (Å²) in [5.41, 5.74) is 2.23. The van der Waals surface area contributed by atoms with Gasteiger partial charge in [0.15, 0.2) is 0 Å². The Morgan fingerprint density at radius 1 is 1.06 bits per heavy atom. The molecular formula is C23H26FN3O4. The van der Waals surface area contributed by atoms with Crippen molar-refractivity contribution < 1.29 is 23.5 Å². The lowest BCUT2D eigenvalue weighted by molar-refractivity contribution is -0.117. The number of hydrogen-bond donors (Lipinski definition) is 2. The van der Waals surface area contributed by atoms with Crippen LogP contribution in [0.25, 0.3) is 0 Å². The van der Waals surface area contributed by atoms with E-state index in [1.165, 1.54) is 31.4 Å². The van der Waals surface area contributed by atoms with Gasteiger partial charge in [-0.15, -0.1) is 0 Å². The highest BCUT2D eigenvalue weighted by Crippen LogP contribution is 2.18. The number of likely N-dealkylation sites (tertiary alicyclic amines) is 1. The number of hydrogen-bond acceptors (Lipinski definition) is 5. The normalized spacial score (nSPS) is 14.7. The van der Waals surface area contributed by atoms with Gasteiger partial charge in [-0.1, -0.05) is 6.07 Å². The molecule has 2 N–H and O–H groups in total. The first-order valence-electron chi connectivity index (χ1n) is 10.1. The van der Waals surface area contributed by atoms with E-state index in [-0.39, 0.29) is 30.2 Å². The molecule has 2 aromatic carbocycles. The number of nitrogens with zero attached hydrogens (tertiary/aromatic N) is 1. The molecule has 8 heteroatoms. The topological polar surface area (TPSA) is 87.7 Å². The van der Waals surface area contributed by atoms with E-state index in [0.29, 0.717) is 29.9 Å². The zero-order chi connectivity index (χ0) is 22.4. The Balaban J connectivity index is 1.47. The van der Waals surface area contributed by atoms with Crippen LogP contribution in [0.2, 0.25) is 0 Å². The van der Waals surface area contributed by atoms with Crippen molar-refractivity contribution in [1.82, 2.24) is 10.2 Å². The zero-order valence-electron chi connectivity index (χ0n) is 17.6. The van der Waals surface area contributed by atoms with Gasteiger partial charge in [-0.2, -0.15) is 0 Å². The number of carbonyl (C=O) groups is 3. The van der Waals surface area contributed by atoms with Gasteiger partial charge in [-0.05, 0) is 61.7 Å². The fourth-order valence-corrected chi connectivity index (χ4v) is 3.50. The number of esters is 1. The van der Waals surface area contributed by atoms with E-state index >= 15 is 0 Å². The number of nitrogens with one attached hydrogen (secondary N) is 2. The van der Waals surface area contributed by atoms with Gasteiger partial charge in [0.2, 0.25) is 5.91 Å². The van der Waals surface area contributed by atoms with Gasteiger partial charge in [0, 0.05) is 30.4 Å². The van der Waals surface area contributed by atoms with Crippen molar-refractivity contribution in [2.45, 2.75) is 25.8 Å². The number of aryl methyl sites for hydroxylation is 1. The lowest BCUT2D eigenvalue weighted by Crippen LogP contribution is -2.46. The van der Waals surface area contributed by atoms with Crippen LogP contribution in [0.4, 0.5) is 10.1 Å². The minimum absolute atomic E-state index is 0.0100. The second kappa shape index (κ2) is 10.2. The van der Waals surface area contributed by atoms with Gasteiger partial charge >= 0.3 is 5.97 Å². The molecule has 0 radical (unpaired) electrons. The van der Waals surface area contributed by atoms with E-state index in [9.17, 15) is 18.8 Å². The molecule has 0 saturated carbocycles. The first-order valence-corrected chi connectivity index (χ1v) is 10.1. The van der Waals surface area contributed by atoms with Crippen molar-refractivity contribution in [2.75, 3.05) is 32.1 Å². The first kappa shape index (κ1) is 22.4. The van der Waals surface area contributed by atoms with Crippen LogP contribution in [0.15, 0.2) is 42.5 Å². The molecule has 0 atom stereocenters. The van der Waals surface area contributed by atoms with Gasteiger partial charge < -0.3 is 15.4 Å². The van der Waals surface area contributed by atoms with E-state index in [4.69, 9.17) is 4.74 Å². The molecule has 0 unspecified atom stereocenters. The van der Waals surface area contributed by atoms with Crippen molar-refractivity contribution in [3.05, 3.63) is 65.0 Å². The highest BCUT2D eigenvalue weighted by molar-refractivity contribution is 5.96. The molecule has 1 heterocycles. The molecule has 3 rings (SSSR count). The number of halogens is 1. The third kappa shape index (κ3) is 6.11. The van der Waals surface area contributed by atoms with E-state index in [2.05, 4.69) is 10.6 Å². The van der Waals surface area contributed by atoms with Crippen LogP contribution >= 0.6 is 0 Å². The Bertz CT molecular complexity index is 954. The predicted molar refractivity (Wildman–Crippen MR) is 114 cm³/mol. The Morgan fingerprint density at radius 3 is 2.35 bits per heavy atom. The number of benzene rings is 2. The Kier molecular flexibility index (Phi) is 7.36. The summed E-state index contributed by atoms with van der Waals surface area (Å²) in [4.78, 5) is 38.5. The smallest absolute Gasteiger partial charge is 0.337 e.